The standard InChI is InChI=1S/C30H33ClN4O6/c1-4-40-27(41-5-2)19-35-25-9-7-6-8-24(25)30(28(35)37,18-26(36)32-21-12-10-20(31)11-13-21)34-29(38)33-22-14-16-23(39-3)17-15-22/h6-17,27H,4-5,18-19H2,1-3H3,(H,32,36)(H2,33,34,38)/t30-/m0/s1. The van der Waals surface area contributed by atoms with E-state index in [2.05, 4.69) is 16.0 Å². The Hall–Kier alpha value is -4.12. The fraction of sp³-hybridized carbons (Fsp3) is 0.300. The predicted molar refractivity (Wildman–Crippen MR) is 157 cm³/mol. The highest BCUT2D eigenvalue weighted by Gasteiger charge is 2.53. The van der Waals surface area contributed by atoms with Crippen LogP contribution in [0.5, 0.6) is 5.75 Å². The van der Waals surface area contributed by atoms with Gasteiger partial charge in [0.05, 0.1) is 25.8 Å². The van der Waals surface area contributed by atoms with Gasteiger partial charge >= 0.3 is 6.03 Å². The first kappa shape index (κ1) is 29.9. The van der Waals surface area contributed by atoms with Crippen LogP contribution in [0.4, 0.5) is 21.9 Å². The van der Waals surface area contributed by atoms with Crippen LogP contribution in [0.1, 0.15) is 25.8 Å². The van der Waals surface area contributed by atoms with E-state index in [9.17, 15) is 14.4 Å². The number of nitrogens with zero attached hydrogens (tertiary/aromatic N) is 1. The van der Waals surface area contributed by atoms with Crippen molar-refractivity contribution in [3.8, 4) is 5.75 Å². The molecule has 0 saturated carbocycles. The van der Waals surface area contributed by atoms with Gasteiger partial charge in [0.25, 0.3) is 5.91 Å². The average Bonchev–Trinajstić information content (AvgIpc) is 3.17. The molecular weight excluding hydrogens is 548 g/mol. The second-order valence-electron chi connectivity index (χ2n) is 9.22. The minimum Gasteiger partial charge on any atom is -0.497 e. The summed E-state index contributed by atoms with van der Waals surface area (Å²) >= 11 is 5.98. The molecule has 0 bridgehead atoms. The van der Waals surface area contributed by atoms with Gasteiger partial charge in [-0.3, -0.25) is 9.59 Å². The van der Waals surface area contributed by atoms with E-state index in [1.807, 2.05) is 13.8 Å². The summed E-state index contributed by atoms with van der Waals surface area (Å²) in [6, 6.07) is 19.7. The second-order valence-corrected chi connectivity index (χ2v) is 9.65. The van der Waals surface area contributed by atoms with Crippen LogP contribution in [-0.4, -0.2) is 51.0 Å². The predicted octanol–water partition coefficient (Wildman–Crippen LogP) is 5.14. The summed E-state index contributed by atoms with van der Waals surface area (Å²) in [5.41, 5.74) is 0.291. The number of urea groups is 1. The van der Waals surface area contributed by atoms with Crippen molar-refractivity contribution in [2.75, 3.05) is 42.4 Å². The van der Waals surface area contributed by atoms with Gasteiger partial charge in [-0.05, 0) is 68.4 Å². The lowest BCUT2D eigenvalue weighted by molar-refractivity contribution is -0.138. The van der Waals surface area contributed by atoms with E-state index >= 15 is 0 Å². The van der Waals surface area contributed by atoms with Gasteiger partial charge in [-0.15, -0.1) is 0 Å². The molecule has 3 aromatic carbocycles. The summed E-state index contributed by atoms with van der Waals surface area (Å²) in [6.07, 6.45) is -1.07. The fourth-order valence-electron chi connectivity index (χ4n) is 4.73. The quantitative estimate of drug-likeness (QED) is 0.255. The van der Waals surface area contributed by atoms with E-state index in [0.717, 1.165) is 0 Å². The fourth-order valence-corrected chi connectivity index (χ4v) is 4.85. The van der Waals surface area contributed by atoms with Gasteiger partial charge in [0.2, 0.25) is 5.91 Å². The van der Waals surface area contributed by atoms with Crippen LogP contribution < -0.4 is 25.6 Å². The number of anilines is 3. The zero-order valence-corrected chi connectivity index (χ0v) is 23.9. The molecule has 4 amide bonds. The molecular formula is C30H33ClN4O6. The van der Waals surface area contributed by atoms with E-state index in [0.29, 0.717) is 46.6 Å². The Morgan fingerprint density at radius 3 is 2.15 bits per heavy atom. The van der Waals surface area contributed by atoms with E-state index < -0.39 is 29.7 Å². The first-order valence-electron chi connectivity index (χ1n) is 13.2. The van der Waals surface area contributed by atoms with Crippen molar-refractivity contribution in [2.45, 2.75) is 32.1 Å². The van der Waals surface area contributed by atoms with Crippen LogP contribution in [0.2, 0.25) is 5.02 Å². The topological polar surface area (TPSA) is 118 Å². The number of methoxy groups -OCH3 is 1. The lowest BCUT2D eigenvalue weighted by Crippen LogP contribution is -2.56. The van der Waals surface area contributed by atoms with E-state index in [1.165, 1.54) is 4.90 Å². The summed E-state index contributed by atoms with van der Waals surface area (Å²) < 4.78 is 16.6. The summed E-state index contributed by atoms with van der Waals surface area (Å²) in [5, 5.41) is 8.90. The molecule has 0 unspecified atom stereocenters. The van der Waals surface area contributed by atoms with Crippen LogP contribution in [0.3, 0.4) is 0 Å². The number of ether oxygens (including phenoxy) is 3. The Morgan fingerprint density at radius 2 is 1.51 bits per heavy atom. The SMILES string of the molecule is CCOC(CN1C(=O)[C@@](CC(=O)Nc2ccc(Cl)cc2)(NC(=O)Nc2ccc(OC)cc2)c2ccccc21)OCC. The summed E-state index contributed by atoms with van der Waals surface area (Å²) in [4.78, 5) is 42.6. The molecule has 0 fully saturated rings. The molecule has 10 nitrogen and oxygen atoms in total. The second kappa shape index (κ2) is 13.5. The Balaban J connectivity index is 1.68. The Bertz CT molecular complexity index is 1360. The molecule has 0 radical (unpaired) electrons. The highest BCUT2D eigenvalue weighted by atomic mass is 35.5. The molecule has 0 spiro atoms. The molecule has 1 atom stereocenters. The molecule has 0 aliphatic carbocycles. The van der Waals surface area contributed by atoms with Crippen molar-refractivity contribution in [2.24, 2.45) is 0 Å². The summed E-state index contributed by atoms with van der Waals surface area (Å²) in [5.74, 6) is -0.340. The van der Waals surface area contributed by atoms with Gasteiger partial charge in [-0.25, -0.2) is 4.79 Å². The van der Waals surface area contributed by atoms with Gasteiger partial charge in [0.15, 0.2) is 11.8 Å². The van der Waals surface area contributed by atoms with Crippen molar-refractivity contribution < 1.29 is 28.6 Å². The molecule has 1 aliphatic rings. The van der Waals surface area contributed by atoms with E-state index in [1.54, 1.807) is 79.9 Å². The van der Waals surface area contributed by atoms with Crippen LogP contribution >= 0.6 is 11.6 Å². The number of nitrogens with one attached hydrogen (secondary N) is 3. The maximum absolute atomic E-state index is 14.3. The van der Waals surface area contributed by atoms with Crippen LogP contribution in [0.15, 0.2) is 72.8 Å². The van der Waals surface area contributed by atoms with Gasteiger partial charge in [0, 0.05) is 35.2 Å². The molecule has 4 rings (SSSR count). The van der Waals surface area contributed by atoms with Crippen molar-refractivity contribution in [1.82, 2.24) is 5.32 Å². The molecule has 0 saturated heterocycles. The zero-order valence-electron chi connectivity index (χ0n) is 23.1. The third kappa shape index (κ3) is 6.97. The first-order chi connectivity index (χ1) is 19.8. The Kier molecular flexibility index (Phi) is 9.82. The van der Waals surface area contributed by atoms with Crippen molar-refractivity contribution >= 4 is 46.5 Å². The number of hydrogen-bond donors (Lipinski definition) is 3. The number of fused-ring (bicyclic) bond motifs is 1. The van der Waals surface area contributed by atoms with Crippen LogP contribution in [0, 0.1) is 0 Å². The molecule has 3 N–H and O–H groups in total. The monoisotopic (exact) mass is 580 g/mol. The lowest BCUT2D eigenvalue weighted by atomic mass is 9.87. The van der Waals surface area contributed by atoms with E-state index in [-0.39, 0.29) is 13.0 Å². The molecule has 11 heteroatoms. The maximum atomic E-state index is 14.3. The van der Waals surface area contributed by atoms with Gasteiger partial charge in [0.1, 0.15) is 5.75 Å². The van der Waals surface area contributed by atoms with Gasteiger partial charge in [-0.2, -0.15) is 0 Å². The highest BCUT2D eigenvalue weighted by molar-refractivity contribution is 6.30. The molecule has 41 heavy (non-hydrogen) atoms. The van der Waals surface area contributed by atoms with Crippen molar-refractivity contribution in [3.63, 3.8) is 0 Å². The van der Waals surface area contributed by atoms with E-state index in [4.69, 9.17) is 25.8 Å². The highest BCUT2D eigenvalue weighted by Crippen LogP contribution is 2.43. The van der Waals surface area contributed by atoms with Gasteiger partial charge < -0.3 is 35.1 Å². The number of amides is 4. The summed E-state index contributed by atoms with van der Waals surface area (Å²) in [6.45, 7) is 4.50. The number of benzene rings is 3. The molecule has 1 heterocycles. The van der Waals surface area contributed by atoms with Crippen molar-refractivity contribution in [3.05, 3.63) is 83.4 Å². The lowest BCUT2D eigenvalue weighted by Gasteiger charge is -2.30. The number of halogens is 1. The summed E-state index contributed by atoms with van der Waals surface area (Å²) in [7, 11) is 1.55. The molecule has 216 valence electrons. The number of carbonyl (C=O) groups is 3. The normalized spacial score (nSPS) is 15.9. The minimum absolute atomic E-state index is 0.0693. The Morgan fingerprint density at radius 1 is 0.902 bits per heavy atom. The first-order valence-corrected chi connectivity index (χ1v) is 13.6. The maximum Gasteiger partial charge on any atom is 0.320 e. The Labute approximate surface area is 243 Å². The van der Waals surface area contributed by atoms with Crippen molar-refractivity contribution in [1.29, 1.82) is 0 Å². The van der Waals surface area contributed by atoms with Gasteiger partial charge in [-0.1, -0.05) is 29.8 Å². The van der Waals surface area contributed by atoms with Crippen LogP contribution in [0.25, 0.3) is 0 Å². The average molecular weight is 581 g/mol. The number of hydrogen-bond acceptors (Lipinski definition) is 6. The molecule has 1 aliphatic heterocycles. The largest absolute Gasteiger partial charge is 0.497 e. The third-order valence-corrected chi connectivity index (χ3v) is 6.78. The smallest absolute Gasteiger partial charge is 0.320 e. The number of carbonyl (C=O) groups excluding carboxylic acids is 3. The van der Waals surface area contributed by atoms with Crippen LogP contribution in [-0.2, 0) is 24.6 Å². The molecule has 0 aromatic heterocycles. The zero-order chi connectivity index (χ0) is 29.4. The molecule has 3 aromatic rings. The third-order valence-electron chi connectivity index (χ3n) is 6.53. The number of rotatable bonds is 12. The minimum atomic E-state index is -1.72. The number of para-hydroxylation sites is 1.